The van der Waals surface area contributed by atoms with Gasteiger partial charge in [-0.25, -0.2) is 0 Å². The van der Waals surface area contributed by atoms with Crippen molar-refractivity contribution < 1.29 is 18.7 Å². The smallest absolute Gasteiger partial charge is 0.306 e. The predicted octanol–water partition coefficient (Wildman–Crippen LogP) is 2.39. The zero-order valence-corrected chi connectivity index (χ0v) is 10.9. The van der Waals surface area contributed by atoms with Crippen molar-refractivity contribution >= 4 is 17.6 Å². The van der Waals surface area contributed by atoms with E-state index in [1.54, 1.807) is 30.5 Å². The number of furan rings is 1. The molecule has 0 saturated heterocycles. The van der Waals surface area contributed by atoms with Crippen LogP contribution in [-0.2, 0) is 20.7 Å². The molecule has 1 aromatic carbocycles. The monoisotopic (exact) mass is 273 g/mol. The number of ether oxygens (including phenoxy) is 1. The molecule has 0 atom stereocenters. The molecule has 1 N–H and O–H groups in total. The van der Waals surface area contributed by atoms with E-state index in [1.165, 1.54) is 0 Å². The van der Waals surface area contributed by atoms with Gasteiger partial charge in [0.25, 0.3) is 5.91 Å². The van der Waals surface area contributed by atoms with E-state index in [1.807, 2.05) is 18.2 Å². The normalized spacial score (nSPS) is 10.0. The quantitative estimate of drug-likeness (QED) is 0.820. The first-order valence-corrected chi connectivity index (χ1v) is 6.27. The van der Waals surface area contributed by atoms with Crippen molar-refractivity contribution in [3.05, 3.63) is 54.5 Å². The molecule has 1 aromatic heterocycles. The van der Waals surface area contributed by atoms with Crippen LogP contribution in [0.2, 0.25) is 0 Å². The van der Waals surface area contributed by atoms with Gasteiger partial charge in [0.2, 0.25) is 0 Å². The van der Waals surface area contributed by atoms with Crippen LogP contribution in [0.25, 0.3) is 0 Å². The molecule has 1 heterocycles. The Morgan fingerprint density at radius 2 is 1.90 bits per heavy atom. The number of carbonyl (C=O) groups excluding carboxylic acids is 2. The highest BCUT2D eigenvalue weighted by molar-refractivity contribution is 5.92. The van der Waals surface area contributed by atoms with Gasteiger partial charge in [0.1, 0.15) is 5.76 Å². The molecular weight excluding hydrogens is 258 g/mol. The molecular formula is C15H15NO4. The summed E-state index contributed by atoms with van der Waals surface area (Å²) < 4.78 is 9.98. The van der Waals surface area contributed by atoms with Crippen LogP contribution in [0.5, 0.6) is 0 Å². The second kappa shape index (κ2) is 7.13. The Balaban J connectivity index is 1.66. The van der Waals surface area contributed by atoms with Crippen LogP contribution in [0.15, 0.2) is 53.1 Å². The Bertz CT molecular complexity index is 549. The number of anilines is 1. The van der Waals surface area contributed by atoms with Crippen LogP contribution < -0.4 is 5.32 Å². The molecule has 5 heteroatoms. The van der Waals surface area contributed by atoms with E-state index in [9.17, 15) is 9.59 Å². The molecule has 0 bridgehead atoms. The number of hydrogen-bond acceptors (Lipinski definition) is 4. The number of carbonyl (C=O) groups is 2. The number of nitrogens with one attached hydrogen (secondary N) is 1. The molecule has 0 aliphatic carbocycles. The highest BCUT2D eigenvalue weighted by atomic mass is 16.5. The molecule has 1 amide bonds. The molecule has 0 saturated carbocycles. The van der Waals surface area contributed by atoms with E-state index >= 15 is 0 Å². The van der Waals surface area contributed by atoms with Gasteiger partial charge in [0, 0.05) is 12.1 Å². The lowest BCUT2D eigenvalue weighted by atomic mass is 10.2. The van der Waals surface area contributed by atoms with Gasteiger partial charge in [0.05, 0.1) is 12.7 Å². The number of hydrogen-bond donors (Lipinski definition) is 1. The third-order valence-electron chi connectivity index (χ3n) is 2.58. The lowest BCUT2D eigenvalue weighted by molar-refractivity contribution is -0.147. The van der Waals surface area contributed by atoms with Crippen LogP contribution in [0.4, 0.5) is 5.69 Å². The Kier molecular flexibility index (Phi) is 4.94. The maximum atomic E-state index is 11.5. The lowest BCUT2D eigenvalue weighted by Crippen LogP contribution is -2.20. The van der Waals surface area contributed by atoms with Gasteiger partial charge in [-0.3, -0.25) is 9.59 Å². The SMILES string of the molecule is O=C(COC(=O)CCc1ccco1)Nc1ccccc1. The fourth-order valence-corrected chi connectivity index (χ4v) is 1.62. The minimum atomic E-state index is -0.426. The minimum absolute atomic E-state index is 0.187. The highest BCUT2D eigenvalue weighted by Gasteiger charge is 2.08. The van der Waals surface area contributed by atoms with Gasteiger partial charge in [-0.15, -0.1) is 0 Å². The van der Waals surface area contributed by atoms with E-state index in [0.29, 0.717) is 12.1 Å². The lowest BCUT2D eigenvalue weighted by Gasteiger charge is -2.06. The van der Waals surface area contributed by atoms with Gasteiger partial charge >= 0.3 is 5.97 Å². The minimum Gasteiger partial charge on any atom is -0.469 e. The molecule has 104 valence electrons. The summed E-state index contributed by atoms with van der Waals surface area (Å²) in [5, 5.41) is 2.63. The summed E-state index contributed by atoms with van der Waals surface area (Å²) in [5.41, 5.74) is 0.670. The Hall–Kier alpha value is -2.56. The number of rotatable bonds is 6. The van der Waals surface area contributed by atoms with Gasteiger partial charge in [0.15, 0.2) is 6.61 Å². The molecule has 2 aromatic rings. The molecule has 20 heavy (non-hydrogen) atoms. The molecule has 0 unspecified atom stereocenters. The van der Waals surface area contributed by atoms with Crippen LogP contribution >= 0.6 is 0 Å². The fourth-order valence-electron chi connectivity index (χ4n) is 1.62. The van der Waals surface area contributed by atoms with E-state index < -0.39 is 5.97 Å². The third-order valence-corrected chi connectivity index (χ3v) is 2.58. The summed E-state index contributed by atoms with van der Waals surface area (Å²) in [7, 11) is 0. The highest BCUT2D eigenvalue weighted by Crippen LogP contribution is 2.06. The molecule has 0 aliphatic rings. The Labute approximate surface area is 116 Å². The van der Waals surface area contributed by atoms with Crippen molar-refractivity contribution in [3.63, 3.8) is 0 Å². The molecule has 2 rings (SSSR count). The van der Waals surface area contributed by atoms with E-state index in [0.717, 1.165) is 5.76 Å². The van der Waals surface area contributed by atoms with Crippen molar-refractivity contribution in [2.75, 3.05) is 11.9 Å². The fraction of sp³-hybridized carbons (Fsp3) is 0.200. The molecule has 0 spiro atoms. The van der Waals surface area contributed by atoms with E-state index in [-0.39, 0.29) is 18.9 Å². The summed E-state index contributed by atoms with van der Waals surface area (Å²) in [5.74, 6) is -0.0668. The van der Waals surface area contributed by atoms with Crippen molar-refractivity contribution in [2.45, 2.75) is 12.8 Å². The standard InChI is InChI=1S/C15H15NO4/c17-14(16-12-5-2-1-3-6-12)11-20-15(18)9-8-13-7-4-10-19-13/h1-7,10H,8-9,11H2,(H,16,17). The number of benzene rings is 1. The predicted molar refractivity (Wildman–Crippen MR) is 73.1 cm³/mol. The molecule has 5 nitrogen and oxygen atoms in total. The summed E-state index contributed by atoms with van der Waals surface area (Å²) in [6.07, 6.45) is 2.20. The average Bonchev–Trinajstić information content (AvgIpc) is 2.97. The average molecular weight is 273 g/mol. The van der Waals surface area contributed by atoms with Crippen molar-refractivity contribution in [1.29, 1.82) is 0 Å². The summed E-state index contributed by atoms with van der Waals surface area (Å²) in [6, 6.07) is 12.5. The van der Waals surface area contributed by atoms with Gasteiger partial charge in [-0.2, -0.15) is 0 Å². The zero-order chi connectivity index (χ0) is 14.2. The number of aryl methyl sites for hydroxylation is 1. The Morgan fingerprint density at radius 1 is 1.10 bits per heavy atom. The van der Waals surface area contributed by atoms with Crippen LogP contribution in [0.3, 0.4) is 0 Å². The number of esters is 1. The summed E-state index contributed by atoms with van der Waals surface area (Å²) in [6.45, 7) is -0.286. The summed E-state index contributed by atoms with van der Waals surface area (Å²) >= 11 is 0. The maximum absolute atomic E-state index is 11.5. The van der Waals surface area contributed by atoms with Crippen molar-refractivity contribution in [3.8, 4) is 0 Å². The van der Waals surface area contributed by atoms with Crippen LogP contribution in [0.1, 0.15) is 12.2 Å². The Morgan fingerprint density at radius 3 is 2.60 bits per heavy atom. The van der Waals surface area contributed by atoms with E-state index in [4.69, 9.17) is 9.15 Å². The molecule has 0 radical (unpaired) electrons. The molecule has 0 aliphatic heterocycles. The topological polar surface area (TPSA) is 68.5 Å². The first kappa shape index (κ1) is 13.9. The molecule has 0 fully saturated rings. The second-order valence-corrected chi connectivity index (χ2v) is 4.15. The maximum Gasteiger partial charge on any atom is 0.306 e. The summed E-state index contributed by atoms with van der Waals surface area (Å²) in [4.78, 5) is 23.0. The van der Waals surface area contributed by atoms with Gasteiger partial charge < -0.3 is 14.5 Å². The van der Waals surface area contributed by atoms with Crippen molar-refractivity contribution in [2.24, 2.45) is 0 Å². The van der Waals surface area contributed by atoms with Crippen LogP contribution in [0, 0.1) is 0 Å². The largest absolute Gasteiger partial charge is 0.469 e. The first-order valence-electron chi connectivity index (χ1n) is 6.27. The van der Waals surface area contributed by atoms with Gasteiger partial charge in [-0.1, -0.05) is 18.2 Å². The van der Waals surface area contributed by atoms with Crippen LogP contribution in [-0.4, -0.2) is 18.5 Å². The zero-order valence-electron chi connectivity index (χ0n) is 10.9. The second-order valence-electron chi connectivity index (χ2n) is 4.15. The third kappa shape index (κ3) is 4.61. The van der Waals surface area contributed by atoms with E-state index in [2.05, 4.69) is 5.32 Å². The number of amides is 1. The first-order chi connectivity index (χ1) is 9.74. The number of para-hydroxylation sites is 1. The van der Waals surface area contributed by atoms with Crippen molar-refractivity contribution in [1.82, 2.24) is 0 Å². The van der Waals surface area contributed by atoms with Gasteiger partial charge in [-0.05, 0) is 24.3 Å².